The van der Waals surface area contributed by atoms with Crippen LogP contribution in [-0.4, -0.2) is 39.1 Å². The van der Waals surface area contributed by atoms with E-state index in [9.17, 15) is 20.4 Å². The van der Waals surface area contributed by atoms with Crippen molar-refractivity contribution in [3.63, 3.8) is 0 Å². The van der Waals surface area contributed by atoms with Crippen molar-refractivity contribution in [2.24, 2.45) is 18.1 Å². The average Bonchev–Trinajstić information content (AvgIpc) is 2.94. The Balaban J connectivity index is 1.65. The van der Waals surface area contributed by atoms with E-state index in [0.29, 0.717) is 16.7 Å². The maximum Gasteiger partial charge on any atom is 0.270 e. The summed E-state index contributed by atoms with van der Waals surface area (Å²) < 4.78 is 1.41. The summed E-state index contributed by atoms with van der Waals surface area (Å²) in [5, 5.41) is 33.4. The fourth-order valence-electron chi connectivity index (χ4n) is 5.15. The minimum absolute atomic E-state index is 0.0185. The van der Waals surface area contributed by atoms with E-state index in [4.69, 9.17) is 4.84 Å². The first-order valence-corrected chi connectivity index (χ1v) is 13.1. The Bertz CT molecular complexity index is 1530. The zero-order valence-corrected chi connectivity index (χ0v) is 23.1. The Morgan fingerprint density at radius 2 is 1.79 bits per heavy atom. The van der Waals surface area contributed by atoms with E-state index in [2.05, 4.69) is 22.3 Å². The molecule has 1 aromatic carbocycles. The molecule has 1 aliphatic carbocycles. The maximum atomic E-state index is 13.0. The predicted molar refractivity (Wildman–Crippen MR) is 150 cm³/mol. The van der Waals surface area contributed by atoms with E-state index in [1.54, 1.807) is 19.2 Å². The number of benzene rings is 1. The summed E-state index contributed by atoms with van der Waals surface area (Å²) in [6.45, 7) is 5.86. The Kier molecular flexibility index (Phi) is 8.03. The number of hydrogen-bond donors (Lipinski definition) is 1. The van der Waals surface area contributed by atoms with Crippen LogP contribution in [0.3, 0.4) is 0 Å². The summed E-state index contributed by atoms with van der Waals surface area (Å²) in [6, 6.07) is 15.2. The average molecular weight is 527 g/mol. The van der Waals surface area contributed by atoms with Crippen LogP contribution in [0.1, 0.15) is 68.8 Å². The van der Waals surface area contributed by atoms with Crippen molar-refractivity contribution in [1.82, 2.24) is 9.55 Å². The zero-order valence-electron chi connectivity index (χ0n) is 23.1. The molecule has 0 saturated heterocycles. The van der Waals surface area contributed by atoms with Crippen molar-refractivity contribution in [2.75, 3.05) is 11.9 Å². The van der Waals surface area contributed by atoms with Gasteiger partial charge in [0.2, 0.25) is 0 Å². The lowest BCUT2D eigenvalue weighted by Crippen LogP contribution is -2.39. The summed E-state index contributed by atoms with van der Waals surface area (Å²) in [5.41, 5.74) is 3.65. The van der Waals surface area contributed by atoms with Crippen LogP contribution in [0.4, 0.5) is 5.69 Å². The molecule has 0 unspecified atom stereocenters. The molecule has 0 aliphatic heterocycles. The van der Waals surface area contributed by atoms with Crippen LogP contribution < -0.4 is 10.5 Å². The largest absolute Gasteiger partial charge is 0.392 e. The number of aromatic nitrogens is 2. The number of anilines is 1. The lowest BCUT2D eigenvalue weighted by atomic mass is 9.80. The predicted octanol–water partition coefficient (Wildman–Crippen LogP) is 4.38. The highest BCUT2D eigenvalue weighted by Crippen LogP contribution is 2.35. The molecule has 1 N–H and O–H groups in total. The van der Waals surface area contributed by atoms with Gasteiger partial charge in [-0.3, -0.25) is 4.79 Å². The van der Waals surface area contributed by atoms with Crippen LogP contribution in [-0.2, 0) is 18.5 Å². The van der Waals surface area contributed by atoms with Gasteiger partial charge in [0.15, 0.2) is 0 Å². The van der Waals surface area contributed by atoms with Gasteiger partial charge < -0.3 is 19.4 Å². The first kappa shape index (κ1) is 27.8. The third kappa shape index (κ3) is 5.79. The molecule has 39 heavy (non-hydrogen) atoms. The van der Waals surface area contributed by atoms with Gasteiger partial charge in [0.05, 0.1) is 23.5 Å². The second kappa shape index (κ2) is 11.3. The van der Waals surface area contributed by atoms with Gasteiger partial charge >= 0.3 is 0 Å². The van der Waals surface area contributed by atoms with Crippen molar-refractivity contribution < 1.29 is 9.94 Å². The smallest absolute Gasteiger partial charge is 0.270 e. The molecule has 0 spiro atoms. The van der Waals surface area contributed by atoms with Gasteiger partial charge in [0.25, 0.3) is 5.56 Å². The highest BCUT2D eigenvalue weighted by Gasteiger charge is 2.31. The quantitative estimate of drug-likeness (QED) is 0.373. The van der Waals surface area contributed by atoms with E-state index in [0.717, 1.165) is 42.5 Å². The first-order chi connectivity index (χ1) is 18.6. The molecule has 9 heteroatoms. The summed E-state index contributed by atoms with van der Waals surface area (Å²) in [5.74, 6) is 0.163. The number of aliphatic hydroxyl groups is 1. The van der Waals surface area contributed by atoms with Crippen molar-refractivity contribution in [2.45, 2.75) is 64.7 Å². The van der Waals surface area contributed by atoms with E-state index >= 15 is 0 Å². The Labute approximate surface area is 228 Å². The number of hydrogen-bond acceptors (Lipinski definition) is 8. The molecule has 2 heterocycles. The lowest BCUT2D eigenvalue weighted by molar-refractivity contribution is -0.0000292. The number of nitrogens with zero attached hydrogens (tertiary/aromatic N) is 6. The second-order valence-electron chi connectivity index (χ2n) is 11.0. The first-order valence-electron chi connectivity index (χ1n) is 13.1. The van der Waals surface area contributed by atoms with Crippen LogP contribution in [0.25, 0.3) is 11.0 Å². The molecule has 0 atom stereocenters. The van der Waals surface area contributed by atoms with Gasteiger partial charge in [0.1, 0.15) is 34.5 Å². The van der Waals surface area contributed by atoms with Gasteiger partial charge in [-0.05, 0) is 69.7 Å². The van der Waals surface area contributed by atoms with Gasteiger partial charge in [-0.1, -0.05) is 29.4 Å². The Morgan fingerprint density at radius 1 is 1.13 bits per heavy atom. The molecule has 9 nitrogen and oxygen atoms in total. The van der Waals surface area contributed by atoms with Crippen LogP contribution in [0, 0.1) is 28.6 Å². The summed E-state index contributed by atoms with van der Waals surface area (Å²) in [7, 11) is 3.51. The van der Waals surface area contributed by atoms with Gasteiger partial charge in [0, 0.05) is 26.1 Å². The number of nitriles is 2. The third-order valence-electron chi connectivity index (χ3n) is 7.28. The van der Waals surface area contributed by atoms with Gasteiger partial charge in [-0.25, -0.2) is 4.98 Å². The fourth-order valence-corrected chi connectivity index (χ4v) is 5.15. The molecular weight excluding hydrogens is 492 g/mol. The minimum Gasteiger partial charge on any atom is -0.392 e. The summed E-state index contributed by atoms with van der Waals surface area (Å²) in [6.07, 6.45) is 3.29. The van der Waals surface area contributed by atoms with Crippen LogP contribution >= 0.6 is 0 Å². The van der Waals surface area contributed by atoms with Crippen molar-refractivity contribution in [3.8, 4) is 12.1 Å². The molecule has 202 valence electrons. The number of pyridine rings is 2. The molecule has 2 aromatic heterocycles. The minimum atomic E-state index is -0.433. The molecular formula is C30H34N6O3. The van der Waals surface area contributed by atoms with Crippen LogP contribution in [0.2, 0.25) is 0 Å². The monoisotopic (exact) mass is 526 g/mol. The normalized spacial score (nSPS) is 17.9. The molecule has 0 bridgehead atoms. The zero-order chi connectivity index (χ0) is 28.3. The molecule has 1 fully saturated rings. The Morgan fingerprint density at radius 3 is 2.36 bits per heavy atom. The van der Waals surface area contributed by atoms with Crippen LogP contribution in [0.15, 0.2) is 46.3 Å². The van der Waals surface area contributed by atoms with Crippen molar-refractivity contribution in [1.29, 1.82) is 10.5 Å². The molecule has 0 amide bonds. The number of fused-ring (bicyclic) bond motifs is 1. The van der Waals surface area contributed by atoms with Gasteiger partial charge in [-0.15, -0.1) is 0 Å². The van der Waals surface area contributed by atoms with Crippen molar-refractivity contribution in [3.05, 3.63) is 69.1 Å². The number of rotatable bonds is 6. The molecule has 1 aliphatic rings. The van der Waals surface area contributed by atoms with E-state index in [1.807, 2.05) is 57.0 Å². The highest BCUT2D eigenvalue weighted by atomic mass is 16.6. The molecule has 0 radical (unpaired) electrons. The number of aryl methyl sites for hydroxylation is 1. The SMILES string of the molecule is Cn1c(=O)c(C#N)c(N(C)[C@H]2CC[C@@H](/C(=N/OC(C)(C)C)c3ccc(CO)cc3)CC2)c2nc(C#N)ccc21. The summed E-state index contributed by atoms with van der Waals surface area (Å²) in [4.78, 5) is 25.4. The lowest BCUT2D eigenvalue weighted by Gasteiger charge is -2.37. The molecule has 3 aromatic rings. The highest BCUT2D eigenvalue weighted by molar-refractivity contribution is 6.02. The van der Waals surface area contributed by atoms with Crippen LogP contribution in [0.5, 0.6) is 0 Å². The van der Waals surface area contributed by atoms with E-state index in [-0.39, 0.29) is 35.4 Å². The number of aliphatic hydroxyl groups excluding tert-OH is 1. The second-order valence-corrected chi connectivity index (χ2v) is 11.0. The Hall–Kier alpha value is -4.21. The molecule has 1 saturated carbocycles. The van der Waals surface area contributed by atoms with Crippen molar-refractivity contribution >= 4 is 22.4 Å². The molecule has 4 rings (SSSR count). The maximum absolute atomic E-state index is 13.0. The van der Waals surface area contributed by atoms with E-state index < -0.39 is 5.60 Å². The number of oxime groups is 1. The summed E-state index contributed by atoms with van der Waals surface area (Å²) >= 11 is 0. The van der Waals surface area contributed by atoms with Gasteiger partial charge in [-0.2, -0.15) is 10.5 Å². The van der Waals surface area contributed by atoms with E-state index in [1.165, 1.54) is 4.57 Å². The fraction of sp³-hybridized carbons (Fsp3) is 0.433. The third-order valence-corrected chi connectivity index (χ3v) is 7.28. The topological polar surface area (TPSA) is 128 Å². The standard InChI is InChI=1S/C30H34N6O3/c1-30(2,3)39-34-26(20-8-6-19(18-37)7-9-20)21-10-13-23(14-11-21)35(4)28-24(17-32)29(38)36(5)25-15-12-22(16-31)33-27(25)28/h6-9,12,15,21,23,37H,10-11,13-14,18H2,1-5H3/b34-26+/t21-,23+.